The van der Waals surface area contributed by atoms with E-state index in [0.29, 0.717) is 16.3 Å². The van der Waals surface area contributed by atoms with Crippen LogP contribution in [0.2, 0.25) is 0 Å². The number of hydrogen-bond acceptors (Lipinski definition) is 4. The SMILES string of the molecule is CC(NC(=O)c1cccs1)C(=O)Nc1cccc(NC(N)=O)c1. The first-order chi connectivity index (χ1) is 11.0. The molecular weight excluding hydrogens is 316 g/mol. The maximum Gasteiger partial charge on any atom is 0.316 e. The van der Waals surface area contributed by atoms with Gasteiger partial charge in [0.15, 0.2) is 0 Å². The van der Waals surface area contributed by atoms with Gasteiger partial charge < -0.3 is 21.7 Å². The number of nitrogens with two attached hydrogens (primary N) is 1. The Bertz CT molecular complexity index is 715. The van der Waals surface area contributed by atoms with Crippen molar-refractivity contribution in [3.63, 3.8) is 0 Å². The lowest BCUT2D eigenvalue weighted by Crippen LogP contribution is -2.41. The summed E-state index contributed by atoms with van der Waals surface area (Å²) < 4.78 is 0. The largest absolute Gasteiger partial charge is 0.351 e. The Labute approximate surface area is 136 Å². The molecule has 0 saturated carbocycles. The molecule has 23 heavy (non-hydrogen) atoms. The zero-order valence-electron chi connectivity index (χ0n) is 12.3. The first-order valence-corrected chi connectivity index (χ1v) is 7.65. The van der Waals surface area contributed by atoms with Crippen LogP contribution in [0, 0.1) is 0 Å². The molecular formula is C15H16N4O3S. The molecule has 1 aromatic carbocycles. The Morgan fingerprint density at radius 3 is 2.39 bits per heavy atom. The second-order valence-corrected chi connectivity index (χ2v) is 5.68. The highest BCUT2D eigenvalue weighted by molar-refractivity contribution is 7.12. The molecule has 120 valence electrons. The van der Waals surface area contributed by atoms with Gasteiger partial charge in [-0.25, -0.2) is 4.79 Å². The predicted molar refractivity (Wildman–Crippen MR) is 89.5 cm³/mol. The lowest BCUT2D eigenvalue weighted by atomic mass is 10.2. The first-order valence-electron chi connectivity index (χ1n) is 6.77. The average molecular weight is 332 g/mol. The van der Waals surface area contributed by atoms with Crippen LogP contribution in [-0.4, -0.2) is 23.9 Å². The smallest absolute Gasteiger partial charge is 0.316 e. The Kier molecular flexibility index (Phi) is 5.32. The third-order valence-electron chi connectivity index (χ3n) is 2.88. The summed E-state index contributed by atoms with van der Waals surface area (Å²) in [7, 11) is 0. The second-order valence-electron chi connectivity index (χ2n) is 4.73. The van der Waals surface area contributed by atoms with E-state index in [4.69, 9.17) is 5.73 Å². The van der Waals surface area contributed by atoms with Gasteiger partial charge in [0.05, 0.1) is 4.88 Å². The molecule has 0 aliphatic rings. The highest BCUT2D eigenvalue weighted by atomic mass is 32.1. The van der Waals surface area contributed by atoms with E-state index in [1.165, 1.54) is 11.3 Å². The number of hydrogen-bond donors (Lipinski definition) is 4. The van der Waals surface area contributed by atoms with Crippen molar-refractivity contribution in [2.45, 2.75) is 13.0 Å². The fourth-order valence-corrected chi connectivity index (χ4v) is 2.44. The number of thiophene rings is 1. The number of urea groups is 1. The van der Waals surface area contributed by atoms with Gasteiger partial charge in [-0.3, -0.25) is 9.59 Å². The second kappa shape index (κ2) is 7.41. The highest BCUT2D eigenvalue weighted by Crippen LogP contribution is 2.15. The molecule has 0 bridgehead atoms. The first kappa shape index (κ1) is 16.5. The summed E-state index contributed by atoms with van der Waals surface area (Å²) in [6.45, 7) is 1.59. The van der Waals surface area contributed by atoms with E-state index in [1.807, 2.05) is 0 Å². The Balaban J connectivity index is 1.95. The molecule has 1 unspecified atom stereocenters. The number of primary amides is 1. The number of benzene rings is 1. The van der Waals surface area contributed by atoms with Crippen LogP contribution in [0.15, 0.2) is 41.8 Å². The summed E-state index contributed by atoms with van der Waals surface area (Å²) >= 11 is 1.30. The lowest BCUT2D eigenvalue weighted by molar-refractivity contribution is -0.117. The average Bonchev–Trinajstić information content (AvgIpc) is 3.01. The van der Waals surface area contributed by atoms with Crippen molar-refractivity contribution < 1.29 is 14.4 Å². The summed E-state index contributed by atoms with van der Waals surface area (Å²) in [6, 6.07) is 8.58. The summed E-state index contributed by atoms with van der Waals surface area (Å²) in [6.07, 6.45) is 0. The van der Waals surface area contributed by atoms with Gasteiger partial charge in [-0.15, -0.1) is 11.3 Å². The van der Waals surface area contributed by atoms with Crippen molar-refractivity contribution in [1.82, 2.24) is 5.32 Å². The molecule has 2 aromatic rings. The molecule has 4 amide bonds. The molecule has 8 heteroatoms. The molecule has 0 radical (unpaired) electrons. The van der Waals surface area contributed by atoms with Crippen LogP contribution >= 0.6 is 11.3 Å². The summed E-state index contributed by atoms with van der Waals surface area (Å²) in [5.41, 5.74) is 5.99. The van der Waals surface area contributed by atoms with Gasteiger partial charge in [0.25, 0.3) is 5.91 Å². The number of anilines is 2. The minimum Gasteiger partial charge on any atom is -0.351 e. The van der Waals surface area contributed by atoms with Gasteiger partial charge in [0.2, 0.25) is 5.91 Å². The van der Waals surface area contributed by atoms with E-state index in [9.17, 15) is 14.4 Å². The predicted octanol–water partition coefficient (Wildman–Crippen LogP) is 2.00. The molecule has 0 saturated heterocycles. The number of carbonyl (C=O) groups excluding carboxylic acids is 3. The molecule has 1 atom stereocenters. The van der Waals surface area contributed by atoms with Gasteiger partial charge in [-0.05, 0) is 36.6 Å². The van der Waals surface area contributed by atoms with E-state index in [1.54, 1.807) is 48.7 Å². The number of nitrogens with one attached hydrogen (secondary N) is 3. The molecule has 1 heterocycles. The summed E-state index contributed by atoms with van der Waals surface area (Å²) in [5.74, 6) is -0.669. The van der Waals surface area contributed by atoms with Crippen LogP contribution in [0.4, 0.5) is 16.2 Å². The van der Waals surface area contributed by atoms with E-state index in [2.05, 4.69) is 16.0 Å². The monoisotopic (exact) mass is 332 g/mol. The van der Waals surface area contributed by atoms with Crippen LogP contribution < -0.4 is 21.7 Å². The van der Waals surface area contributed by atoms with E-state index in [-0.39, 0.29) is 11.8 Å². The molecule has 0 aliphatic carbocycles. The van der Waals surface area contributed by atoms with Crippen molar-refractivity contribution in [3.05, 3.63) is 46.7 Å². The standard InChI is InChI=1S/C15H16N4O3S/c1-9(17-14(21)12-6-3-7-23-12)13(20)18-10-4-2-5-11(8-10)19-15(16)22/h2-9H,1H3,(H,17,21)(H,18,20)(H3,16,19,22). The molecule has 0 spiro atoms. The molecule has 5 N–H and O–H groups in total. The maximum absolute atomic E-state index is 12.1. The number of rotatable bonds is 5. The molecule has 0 aliphatic heterocycles. The van der Waals surface area contributed by atoms with Crippen molar-refractivity contribution >= 4 is 40.6 Å². The van der Waals surface area contributed by atoms with Crippen LogP contribution in [0.1, 0.15) is 16.6 Å². The molecule has 0 fully saturated rings. The minimum absolute atomic E-state index is 0.299. The molecule has 1 aromatic heterocycles. The summed E-state index contributed by atoms with van der Waals surface area (Å²) in [4.78, 5) is 35.4. The zero-order chi connectivity index (χ0) is 16.8. The Morgan fingerprint density at radius 2 is 1.78 bits per heavy atom. The van der Waals surface area contributed by atoms with Gasteiger partial charge in [-0.1, -0.05) is 12.1 Å². The van der Waals surface area contributed by atoms with Crippen molar-refractivity contribution in [1.29, 1.82) is 0 Å². The molecule has 2 rings (SSSR count). The quantitative estimate of drug-likeness (QED) is 0.671. The third kappa shape index (κ3) is 4.82. The number of amides is 4. The Morgan fingerprint density at radius 1 is 1.09 bits per heavy atom. The number of carbonyl (C=O) groups is 3. The van der Waals surface area contributed by atoms with E-state index >= 15 is 0 Å². The topological polar surface area (TPSA) is 113 Å². The fraction of sp³-hybridized carbons (Fsp3) is 0.133. The van der Waals surface area contributed by atoms with E-state index < -0.39 is 12.1 Å². The zero-order valence-corrected chi connectivity index (χ0v) is 13.1. The van der Waals surface area contributed by atoms with Crippen molar-refractivity contribution in [2.24, 2.45) is 5.73 Å². The van der Waals surface area contributed by atoms with E-state index in [0.717, 1.165) is 0 Å². The van der Waals surface area contributed by atoms with Crippen LogP contribution in [0.25, 0.3) is 0 Å². The Hall–Kier alpha value is -2.87. The van der Waals surface area contributed by atoms with Crippen LogP contribution in [0.3, 0.4) is 0 Å². The van der Waals surface area contributed by atoms with Gasteiger partial charge in [-0.2, -0.15) is 0 Å². The minimum atomic E-state index is -0.711. The lowest BCUT2D eigenvalue weighted by Gasteiger charge is -2.14. The molecule has 7 nitrogen and oxygen atoms in total. The summed E-state index contributed by atoms with van der Waals surface area (Å²) in [5, 5.41) is 9.49. The third-order valence-corrected chi connectivity index (χ3v) is 3.75. The van der Waals surface area contributed by atoms with Crippen molar-refractivity contribution in [2.75, 3.05) is 10.6 Å². The highest BCUT2D eigenvalue weighted by Gasteiger charge is 2.17. The fourth-order valence-electron chi connectivity index (χ4n) is 1.81. The van der Waals surface area contributed by atoms with Gasteiger partial charge >= 0.3 is 6.03 Å². The maximum atomic E-state index is 12.1. The van der Waals surface area contributed by atoms with Crippen LogP contribution in [0.5, 0.6) is 0 Å². The van der Waals surface area contributed by atoms with Gasteiger partial charge in [0, 0.05) is 11.4 Å². The van der Waals surface area contributed by atoms with Gasteiger partial charge in [0.1, 0.15) is 6.04 Å². The van der Waals surface area contributed by atoms with Crippen molar-refractivity contribution in [3.8, 4) is 0 Å². The van der Waals surface area contributed by atoms with Crippen LogP contribution in [-0.2, 0) is 4.79 Å². The normalized spacial score (nSPS) is 11.3.